The lowest BCUT2D eigenvalue weighted by Gasteiger charge is -2.22. The van der Waals surface area contributed by atoms with Gasteiger partial charge in [-0.25, -0.2) is 9.80 Å². The predicted molar refractivity (Wildman–Crippen MR) is 122 cm³/mol. The van der Waals surface area contributed by atoms with Gasteiger partial charge in [0.25, 0.3) is 5.91 Å². The highest BCUT2D eigenvalue weighted by molar-refractivity contribution is 6.03. The normalized spacial score (nSPS) is 15.2. The van der Waals surface area contributed by atoms with E-state index in [4.69, 9.17) is 9.47 Å². The second-order valence-corrected chi connectivity index (χ2v) is 7.54. The zero-order valence-corrected chi connectivity index (χ0v) is 18.0. The van der Waals surface area contributed by atoms with E-state index in [2.05, 4.69) is 5.10 Å². The number of benzene rings is 3. The number of hydrazone groups is 1. The fourth-order valence-electron chi connectivity index (χ4n) is 3.70. The molecule has 32 heavy (non-hydrogen) atoms. The topological polar surface area (TPSA) is 68.2 Å². The first-order valence-corrected chi connectivity index (χ1v) is 10.4. The zero-order chi connectivity index (χ0) is 22.5. The van der Waals surface area contributed by atoms with Crippen molar-refractivity contribution in [2.45, 2.75) is 19.4 Å². The number of amides is 1. The molecular formula is C26H24N2O4. The van der Waals surface area contributed by atoms with Crippen molar-refractivity contribution in [1.29, 1.82) is 0 Å². The molecule has 6 nitrogen and oxygen atoms in total. The Morgan fingerprint density at radius 2 is 1.66 bits per heavy atom. The number of ether oxygens (including phenoxy) is 2. The standard InChI is InChI=1S/C26H24N2O4/c1-18-8-6-7-11-22(18)26(30)32-17-25(29)28-24(20-12-14-21(31-2)15-13-20)16-23(27-28)19-9-4-3-5-10-19/h3-15,24H,16-17H2,1-2H3. The molecule has 1 amide bonds. The number of methoxy groups -OCH3 is 1. The van der Waals surface area contributed by atoms with E-state index in [0.717, 1.165) is 28.2 Å². The van der Waals surface area contributed by atoms with Crippen LogP contribution in [0.4, 0.5) is 0 Å². The molecule has 0 bridgehead atoms. The number of aryl methyl sites for hydroxylation is 1. The van der Waals surface area contributed by atoms with Crippen LogP contribution in [0.1, 0.15) is 39.5 Å². The lowest BCUT2D eigenvalue weighted by atomic mass is 9.98. The molecule has 0 aromatic heterocycles. The van der Waals surface area contributed by atoms with Crippen LogP contribution in [0, 0.1) is 6.92 Å². The molecule has 1 aliphatic rings. The first-order chi connectivity index (χ1) is 15.6. The minimum Gasteiger partial charge on any atom is -0.497 e. The Hall–Kier alpha value is -3.93. The largest absolute Gasteiger partial charge is 0.497 e. The Morgan fingerprint density at radius 1 is 0.969 bits per heavy atom. The van der Waals surface area contributed by atoms with E-state index in [1.807, 2.05) is 73.7 Å². The van der Waals surface area contributed by atoms with Gasteiger partial charge < -0.3 is 9.47 Å². The summed E-state index contributed by atoms with van der Waals surface area (Å²) in [4.78, 5) is 25.5. The fourth-order valence-corrected chi connectivity index (χ4v) is 3.70. The molecule has 162 valence electrons. The summed E-state index contributed by atoms with van der Waals surface area (Å²) in [5.74, 6) is -0.163. The predicted octanol–water partition coefficient (Wildman–Crippen LogP) is 4.54. The van der Waals surface area contributed by atoms with Gasteiger partial charge in [0.2, 0.25) is 0 Å². The van der Waals surface area contributed by atoms with E-state index < -0.39 is 5.97 Å². The molecule has 0 saturated heterocycles. The fraction of sp³-hybridized carbons (Fsp3) is 0.192. The Balaban J connectivity index is 1.55. The number of hydrogen-bond donors (Lipinski definition) is 0. The molecule has 4 rings (SSSR count). The minimum atomic E-state index is -0.524. The number of hydrogen-bond acceptors (Lipinski definition) is 5. The number of nitrogens with zero attached hydrogens (tertiary/aromatic N) is 2. The summed E-state index contributed by atoms with van der Waals surface area (Å²) in [7, 11) is 1.61. The average Bonchev–Trinajstić information content (AvgIpc) is 3.29. The summed E-state index contributed by atoms with van der Waals surface area (Å²) in [6.07, 6.45) is 0.563. The van der Waals surface area contributed by atoms with Crippen molar-refractivity contribution >= 4 is 17.6 Å². The molecule has 1 atom stereocenters. The van der Waals surface area contributed by atoms with Gasteiger partial charge in [0.15, 0.2) is 6.61 Å². The molecule has 3 aromatic rings. The summed E-state index contributed by atoms with van der Waals surface area (Å²) in [6, 6.07) is 24.2. The van der Waals surface area contributed by atoms with Crippen LogP contribution in [-0.4, -0.2) is 36.3 Å². The van der Waals surface area contributed by atoms with Crippen LogP contribution in [0.25, 0.3) is 0 Å². The molecule has 1 aliphatic heterocycles. The smallest absolute Gasteiger partial charge is 0.338 e. The summed E-state index contributed by atoms with van der Waals surface area (Å²) in [6.45, 7) is 1.44. The lowest BCUT2D eigenvalue weighted by molar-refractivity contribution is -0.136. The van der Waals surface area contributed by atoms with Crippen molar-refractivity contribution in [3.05, 3.63) is 101 Å². The quantitative estimate of drug-likeness (QED) is 0.541. The highest BCUT2D eigenvalue weighted by atomic mass is 16.5. The van der Waals surface area contributed by atoms with Crippen molar-refractivity contribution in [3.63, 3.8) is 0 Å². The maximum Gasteiger partial charge on any atom is 0.338 e. The van der Waals surface area contributed by atoms with Gasteiger partial charge in [-0.2, -0.15) is 5.10 Å². The Bertz CT molecular complexity index is 1140. The van der Waals surface area contributed by atoms with Crippen LogP contribution in [0.3, 0.4) is 0 Å². The SMILES string of the molecule is COc1ccc(C2CC(c3ccccc3)=NN2C(=O)COC(=O)c2ccccc2C)cc1. The van der Waals surface area contributed by atoms with Crippen LogP contribution in [-0.2, 0) is 9.53 Å². The van der Waals surface area contributed by atoms with E-state index >= 15 is 0 Å². The number of esters is 1. The van der Waals surface area contributed by atoms with Crippen LogP contribution >= 0.6 is 0 Å². The monoisotopic (exact) mass is 428 g/mol. The molecule has 0 spiro atoms. The molecule has 0 aliphatic carbocycles. The molecule has 1 unspecified atom stereocenters. The van der Waals surface area contributed by atoms with E-state index in [1.54, 1.807) is 19.2 Å². The van der Waals surface area contributed by atoms with Gasteiger partial charge in [0.05, 0.1) is 24.4 Å². The van der Waals surface area contributed by atoms with Crippen LogP contribution in [0.5, 0.6) is 5.75 Å². The van der Waals surface area contributed by atoms with Gasteiger partial charge in [-0.1, -0.05) is 60.7 Å². The molecule has 3 aromatic carbocycles. The molecule has 0 radical (unpaired) electrons. The molecular weight excluding hydrogens is 404 g/mol. The third-order valence-corrected chi connectivity index (χ3v) is 5.47. The number of carbonyl (C=O) groups excluding carboxylic acids is 2. The van der Waals surface area contributed by atoms with Gasteiger partial charge in [-0.15, -0.1) is 0 Å². The number of carbonyl (C=O) groups is 2. The van der Waals surface area contributed by atoms with Crippen molar-refractivity contribution < 1.29 is 19.1 Å². The first-order valence-electron chi connectivity index (χ1n) is 10.4. The molecule has 6 heteroatoms. The highest BCUT2D eigenvalue weighted by Gasteiger charge is 2.33. The maximum absolute atomic E-state index is 13.1. The number of rotatable bonds is 6. The van der Waals surface area contributed by atoms with E-state index in [1.165, 1.54) is 5.01 Å². The third kappa shape index (κ3) is 4.54. The van der Waals surface area contributed by atoms with Crippen molar-refractivity contribution in [2.24, 2.45) is 5.10 Å². The van der Waals surface area contributed by atoms with Gasteiger partial charge >= 0.3 is 5.97 Å². The molecule has 0 N–H and O–H groups in total. The zero-order valence-electron chi connectivity index (χ0n) is 18.0. The summed E-state index contributed by atoms with van der Waals surface area (Å²) >= 11 is 0. The maximum atomic E-state index is 13.1. The Kier molecular flexibility index (Phi) is 6.31. The third-order valence-electron chi connectivity index (χ3n) is 5.47. The highest BCUT2D eigenvalue weighted by Crippen LogP contribution is 2.33. The second kappa shape index (κ2) is 9.47. The van der Waals surface area contributed by atoms with E-state index in [-0.39, 0.29) is 18.6 Å². The van der Waals surface area contributed by atoms with Crippen LogP contribution in [0.15, 0.2) is 84.0 Å². The van der Waals surface area contributed by atoms with Crippen molar-refractivity contribution in [1.82, 2.24) is 5.01 Å². The lowest BCUT2D eigenvalue weighted by Crippen LogP contribution is -2.31. The Labute approximate surface area is 187 Å². The first kappa shape index (κ1) is 21.3. The summed E-state index contributed by atoms with van der Waals surface area (Å²) < 4.78 is 10.6. The van der Waals surface area contributed by atoms with E-state index in [0.29, 0.717) is 12.0 Å². The second-order valence-electron chi connectivity index (χ2n) is 7.54. The van der Waals surface area contributed by atoms with Gasteiger partial charge in [0, 0.05) is 6.42 Å². The van der Waals surface area contributed by atoms with Crippen LogP contribution < -0.4 is 4.74 Å². The van der Waals surface area contributed by atoms with Gasteiger partial charge in [-0.3, -0.25) is 4.79 Å². The van der Waals surface area contributed by atoms with Crippen molar-refractivity contribution in [3.8, 4) is 5.75 Å². The van der Waals surface area contributed by atoms with Crippen LogP contribution in [0.2, 0.25) is 0 Å². The molecule has 0 fully saturated rings. The van der Waals surface area contributed by atoms with Gasteiger partial charge in [-0.05, 0) is 41.8 Å². The van der Waals surface area contributed by atoms with Gasteiger partial charge in [0.1, 0.15) is 5.75 Å². The minimum absolute atomic E-state index is 0.291. The van der Waals surface area contributed by atoms with E-state index in [9.17, 15) is 9.59 Å². The average molecular weight is 428 g/mol. The Morgan fingerprint density at radius 3 is 2.34 bits per heavy atom. The summed E-state index contributed by atoms with van der Waals surface area (Å²) in [5, 5.41) is 6.03. The molecule has 0 saturated carbocycles. The van der Waals surface area contributed by atoms with Crippen molar-refractivity contribution in [2.75, 3.05) is 13.7 Å². The molecule has 1 heterocycles. The summed E-state index contributed by atoms with van der Waals surface area (Å²) in [5.41, 5.74) is 3.94.